The first-order chi connectivity index (χ1) is 7.76. The van der Waals surface area contributed by atoms with E-state index >= 15 is 0 Å². The van der Waals surface area contributed by atoms with Gasteiger partial charge in [-0.1, -0.05) is 31.2 Å². The SMILES string of the molecule is CCc1ccc(CC(=O)NCCCN)cc1.Cl. The summed E-state index contributed by atoms with van der Waals surface area (Å²) < 4.78 is 0. The van der Waals surface area contributed by atoms with Gasteiger partial charge in [0.1, 0.15) is 0 Å². The molecule has 0 aliphatic carbocycles. The van der Waals surface area contributed by atoms with Gasteiger partial charge in [0.05, 0.1) is 6.42 Å². The maximum Gasteiger partial charge on any atom is 0.224 e. The molecule has 4 heteroatoms. The highest BCUT2D eigenvalue weighted by atomic mass is 35.5. The Balaban J connectivity index is 0.00000256. The lowest BCUT2D eigenvalue weighted by molar-refractivity contribution is -0.120. The molecule has 0 bridgehead atoms. The monoisotopic (exact) mass is 256 g/mol. The molecule has 0 fully saturated rings. The number of carbonyl (C=O) groups is 1. The van der Waals surface area contributed by atoms with Gasteiger partial charge in [0.2, 0.25) is 5.91 Å². The van der Waals surface area contributed by atoms with Gasteiger partial charge in [-0.05, 0) is 30.5 Å². The fraction of sp³-hybridized carbons (Fsp3) is 0.462. The number of hydrogen-bond acceptors (Lipinski definition) is 2. The molecular weight excluding hydrogens is 236 g/mol. The standard InChI is InChI=1S/C13H20N2O.ClH/c1-2-11-4-6-12(7-5-11)10-13(16)15-9-3-8-14;/h4-7H,2-3,8-10,14H2,1H3,(H,15,16);1H. The lowest BCUT2D eigenvalue weighted by Crippen LogP contribution is -2.27. The number of amides is 1. The van der Waals surface area contributed by atoms with E-state index in [1.54, 1.807) is 0 Å². The third-order valence-electron chi connectivity index (χ3n) is 2.50. The van der Waals surface area contributed by atoms with Crippen molar-refractivity contribution in [3.63, 3.8) is 0 Å². The zero-order chi connectivity index (χ0) is 11.8. The number of benzene rings is 1. The molecule has 17 heavy (non-hydrogen) atoms. The highest BCUT2D eigenvalue weighted by Gasteiger charge is 2.02. The van der Waals surface area contributed by atoms with E-state index in [9.17, 15) is 4.79 Å². The topological polar surface area (TPSA) is 55.1 Å². The number of halogens is 1. The molecule has 0 aliphatic heterocycles. The van der Waals surface area contributed by atoms with Gasteiger partial charge in [-0.25, -0.2) is 0 Å². The molecule has 1 amide bonds. The Kier molecular flexibility index (Phi) is 8.46. The van der Waals surface area contributed by atoms with E-state index < -0.39 is 0 Å². The first-order valence-corrected chi connectivity index (χ1v) is 5.81. The Bertz CT molecular complexity index is 325. The summed E-state index contributed by atoms with van der Waals surface area (Å²) in [5.74, 6) is 0.0673. The van der Waals surface area contributed by atoms with Crippen molar-refractivity contribution in [2.75, 3.05) is 13.1 Å². The first-order valence-electron chi connectivity index (χ1n) is 5.81. The van der Waals surface area contributed by atoms with Crippen LogP contribution in [0.4, 0.5) is 0 Å². The Hall–Kier alpha value is -1.06. The van der Waals surface area contributed by atoms with Gasteiger partial charge in [-0.15, -0.1) is 12.4 Å². The van der Waals surface area contributed by atoms with Crippen LogP contribution in [0.3, 0.4) is 0 Å². The molecule has 0 saturated heterocycles. The fourth-order valence-corrected chi connectivity index (χ4v) is 1.47. The van der Waals surface area contributed by atoms with Gasteiger partial charge in [0.25, 0.3) is 0 Å². The van der Waals surface area contributed by atoms with Gasteiger partial charge < -0.3 is 11.1 Å². The minimum atomic E-state index is 0. The normalized spacial score (nSPS) is 9.53. The van der Waals surface area contributed by atoms with Gasteiger partial charge in [0, 0.05) is 6.54 Å². The Morgan fingerprint density at radius 3 is 2.35 bits per heavy atom. The molecule has 3 N–H and O–H groups in total. The number of rotatable bonds is 6. The number of aryl methyl sites for hydroxylation is 1. The van der Waals surface area contributed by atoms with Gasteiger partial charge in [-0.2, -0.15) is 0 Å². The minimum absolute atomic E-state index is 0. The molecular formula is C13H21ClN2O. The Morgan fingerprint density at radius 2 is 1.82 bits per heavy atom. The van der Waals surface area contributed by atoms with Gasteiger partial charge >= 0.3 is 0 Å². The van der Waals surface area contributed by atoms with E-state index in [2.05, 4.69) is 24.4 Å². The summed E-state index contributed by atoms with van der Waals surface area (Å²) in [5.41, 5.74) is 7.70. The third kappa shape index (κ3) is 6.29. The molecule has 0 aromatic heterocycles. The number of hydrogen-bond donors (Lipinski definition) is 2. The predicted octanol–water partition coefficient (Wildman–Crippen LogP) is 1.68. The van der Waals surface area contributed by atoms with Crippen LogP contribution in [-0.4, -0.2) is 19.0 Å². The van der Waals surface area contributed by atoms with Crippen LogP contribution in [0.5, 0.6) is 0 Å². The van der Waals surface area contributed by atoms with Crippen LogP contribution in [0.2, 0.25) is 0 Å². The van der Waals surface area contributed by atoms with Crippen LogP contribution in [0.15, 0.2) is 24.3 Å². The highest BCUT2D eigenvalue weighted by molar-refractivity contribution is 5.85. The Labute approximate surface area is 109 Å². The van der Waals surface area contributed by atoms with Crippen LogP contribution in [0, 0.1) is 0 Å². The van der Waals surface area contributed by atoms with E-state index in [-0.39, 0.29) is 18.3 Å². The summed E-state index contributed by atoms with van der Waals surface area (Å²) >= 11 is 0. The molecule has 3 nitrogen and oxygen atoms in total. The zero-order valence-electron chi connectivity index (χ0n) is 10.2. The number of nitrogens with two attached hydrogens (primary N) is 1. The number of carbonyl (C=O) groups excluding carboxylic acids is 1. The average molecular weight is 257 g/mol. The van der Waals surface area contributed by atoms with E-state index in [0.717, 1.165) is 18.4 Å². The van der Waals surface area contributed by atoms with Gasteiger partial charge in [-0.3, -0.25) is 4.79 Å². The zero-order valence-corrected chi connectivity index (χ0v) is 11.1. The van der Waals surface area contributed by atoms with E-state index in [4.69, 9.17) is 5.73 Å². The van der Waals surface area contributed by atoms with E-state index in [0.29, 0.717) is 19.5 Å². The second kappa shape index (κ2) is 9.02. The molecule has 1 rings (SSSR count). The highest BCUT2D eigenvalue weighted by Crippen LogP contribution is 2.05. The van der Waals surface area contributed by atoms with E-state index in [1.807, 2.05) is 12.1 Å². The van der Waals surface area contributed by atoms with Crippen molar-refractivity contribution in [1.29, 1.82) is 0 Å². The van der Waals surface area contributed by atoms with Crippen molar-refractivity contribution >= 4 is 18.3 Å². The summed E-state index contributed by atoms with van der Waals surface area (Å²) in [4.78, 5) is 11.5. The molecule has 0 unspecified atom stereocenters. The molecule has 96 valence electrons. The molecule has 0 aliphatic rings. The van der Waals surface area contributed by atoms with Crippen LogP contribution < -0.4 is 11.1 Å². The van der Waals surface area contributed by atoms with Crippen LogP contribution in [0.25, 0.3) is 0 Å². The molecule has 0 spiro atoms. The summed E-state index contributed by atoms with van der Waals surface area (Å²) in [5, 5.41) is 2.84. The van der Waals surface area contributed by atoms with Crippen LogP contribution in [0.1, 0.15) is 24.5 Å². The third-order valence-corrected chi connectivity index (χ3v) is 2.50. The summed E-state index contributed by atoms with van der Waals surface area (Å²) in [6, 6.07) is 8.17. The summed E-state index contributed by atoms with van der Waals surface area (Å²) in [6.07, 6.45) is 2.32. The summed E-state index contributed by atoms with van der Waals surface area (Å²) in [7, 11) is 0. The smallest absolute Gasteiger partial charge is 0.224 e. The Morgan fingerprint density at radius 1 is 1.24 bits per heavy atom. The molecule has 1 aromatic rings. The summed E-state index contributed by atoms with van der Waals surface area (Å²) in [6.45, 7) is 3.41. The van der Waals surface area contributed by atoms with Crippen molar-refractivity contribution < 1.29 is 4.79 Å². The quantitative estimate of drug-likeness (QED) is 0.761. The van der Waals surface area contributed by atoms with Crippen molar-refractivity contribution in [2.45, 2.75) is 26.2 Å². The molecule has 1 aromatic carbocycles. The largest absolute Gasteiger partial charge is 0.356 e. The van der Waals surface area contributed by atoms with Crippen molar-refractivity contribution in [3.8, 4) is 0 Å². The lowest BCUT2D eigenvalue weighted by atomic mass is 10.1. The maximum absolute atomic E-state index is 11.5. The fourth-order valence-electron chi connectivity index (χ4n) is 1.47. The van der Waals surface area contributed by atoms with Crippen LogP contribution in [-0.2, 0) is 17.6 Å². The van der Waals surface area contributed by atoms with Crippen molar-refractivity contribution in [1.82, 2.24) is 5.32 Å². The average Bonchev–Trinajstić information content (AvgIpc) is 2.30. The molecule has 0 atom stereocenters. The second-order valence-corrected chi connectivity index (χ2v) is 3.84. The lowest BCUT2D eigenvalue weighted by Gasteiger charge is -2.05. The minimum Gasteiger partial charge on any atom is -0.356 e. The molecule has 0 heterocycles. The predicted molar refractivity (Wildman–Crippen MR) is 73.5 cm³/mol. The van der Waals surface area contributed by atoms with Crippen molar-refractivity contribution in [3.05, 3.63) is 35.4 Å². The van der Waals surface area contributed by atoms with Crippen molar-refractivity contribution in [2.24, 2.45) is 5.73 Å². The second-order valence-electron chi connectivity index (χ2n) is 3.84. The molecule has 0 radical (unpaired) electrons. The van der Waals surface area contributed by atoms with E-state index in [1.165, 1.54) is 5.56 Å². The number of nitrogens with one attached hydrogen (secondary N) is 1. The van der Waals surface area contributed by atoms with Crippen LogP contribution >= 0.6 is 12.4 Å². The first kappa shape index (κ1) is 15.9. The molecule has 0 saturated carbocycles. The maximum atomic E-state index is 11.5. The van der Waals surface area contributed by atoms with Gasteiger partial charge in [0.15, 0.2) is 0 Å².